The van der Waals surface area contributed by atoms with Gasteiger partial charge in [-0.25, -0.2) is 4.42 Å². The van der Waals surface area contributed by atoms with Crippen molar-refractivity contribution >= 4 is 11.0 Å². The van der Waals surface area contributed by atoms with Gasteiger partial charge in [-0.15, -0.1) is 0 Å². The van der Waals surface area contributed by atoms with Gasteiger partial charge in [0.05, 0.1) is 5.39 Å². The first kappa shape index (κ1) is 13.4. The fourth-order valence-electron chi connectivity index (χ4n) is 2.12. The van der Waals surface area contributed by atoms with E-state index in [0.29, 0.717) is 11.3 Å². The molecule has 1 aromatic heterocycles. The zero-order chi connectivity index (χ0) is 12.5. The van der Waals surface area contributed by atoms with Crippen LogP contribution < -0.4 is 12.4 Å². The second-order valence-electron chi connectivity index (χ2n) is 4.31. The number of hydrogen-bond donors (Lipinski definition) is 1. The number of aryl methyl sites for hydroxylation is 1. The summed E-state index contributed by atoms with van der Waals surface area (Å²) in [6.07, 6.45) is 0. The Bertz CT molecular complexity index is 723. The fourth-order valence-corrected chi connectivity index (χ4v) is 2.12. The van der Waals surface area contributed by atoms with Gasteiger partial charge in [0.2, 0.25) is 0 Å². The molecule has 2 nitrogen and oxygen atoms in total. The number of halogens is 1. The van der Waals surface area contributed by atoms with Crippen molar-refractivity contribution in [2.45, 2.75) is 6.92 Å². The molecule has 0 fully saturated rings. The van der Waals surface area contributed by atoms with Crippen molar-refractivity contribution in [1.82, 2.24) is 0 Å². The second kappa shape index (κ2) is 5.29. The topological polar surface area (TPSA) is 31.5 Å². The number of fused-ring (bicyclic) bond motifs is 1. The molecule has 1 heterocycles. The second-order valence-corrected chi connectivity index (χ2v) is 4.31. The molecule has 2 aromatic carbocycles. The number of hydrogen-bond acceptors (Lipinski definition) is 1. The summed E-state index contributed by atoms with van der Waals surface area (Å²) in [6, 6.07) is 17.1. The highest BCUT2D eigenvalue weighted by Crippen LogP contribution is 2.32. The van der Waals surface area contributed by atoms with E-state index in [4.69, 9.17) is 4.42 Å². The van der Waals surface area contributed by atoms with E-state index in [9.17, 15) is 5.11 Å². The maximum Gasteiger partial charge on any atom is 0.364 e. The molecule has 0 spiro atoms. The van der Waals surface area contributed by atoms with Crippen LogP contribution in [0.15, 0.2) is 59.0 Å². The lowest BCUT2D eigenvalue weighted by molar-refractivity contribution is -0.00000512. The van der Waals surface area contributed by atoms with Gasteiger partial charge in [0.15, 0.2) is 0 Å². The van der Waals surface area contributed by atoms with Crippen molar-refractivity contribution in [3.8, 4) is 17.1 Å². The highest BCUT2D eigenvalue weighted by atomic mass is 35.5. The first-order valence-corrected chi connectivity index (χ1v) is 5.86. The first-order chi connectivity index (χ1) is 8.75. The van der Waals surface area contributed by atoms with E-state index >= 15 is 0 Å². The zero-order valence-corrected chi connectivity index (χ0v) is 11.2. The average molecular weight is 273 g/mol. The number of aromatic hydroxyl groups is 1. The Kier molecular flexibility index (Phi) is 3.72. The summed E-state index contributed by atoms with van der Waals surface area (Å²) in [5.74, 6) is 0.917. The molecule has 3 aromatic rings. The predicted molar refractivity (Wildman–Crippen MR) is 72.5 cm³/mol. The summed E-state index contributed by atoms with van der Waals surface area (Å²) in [5.41, 5.74) is 2.68. The smallest absolute Gasteiger partial charge is 0.364 e. The SMILES string of the molecule is Cc1cc(-c2ccccc2O)[o+]c2ccccc12.[Cl-]. The molecule has 0 aliphatic rings. The Hall–Kier alpha value is -2.06. The molecule has 0 radical (unpaired) electrons. The lowest BCUT2D eigenvalue weighted by Crippen LogP contribution is -3.00. The van der Waals surface area contributed by atoms with Gasteiger partial charge >= 0.3 is 11.3 Å². The predicted octanol–water partition coefficient (Wildman–Crippen LogP) is 1.40. The molecular weight excluding hydrogens is 260 g/mol. The van der Waals surface area contributed by atoms with Crippen molar-refractivity contribution < 1.29 is 21.9 Å². The third-order valence-electron chi connectivity index (χ3n) is 3.05. The van der Waals surface area contributed by atoms with Crippen molar-refractivity contribution in [3.63, 3.8) is 0 Å². The molecule has 3 heteroatoms. The lowest BCUT2D eigenvalue weighted by atomic mass is 10.1. The summed E-state index contributed by atoms with van der Waals surface area (Å²) in [6.45, 7) is 2.04. The van der Waals surface area contributed by atoms with Crippen molar-refractivity contribution in [3.05, 3.63) is 60.2 Å². The third kappa shape index (κ3) is 2.40. The number of phenolic OH excluding ortho intramolecular Hbond substituents is 1. The van der Waals surface area contributed by atoms with Crippen LogP contribution in [-0.4, -0.2) is 5.11 Å². The van der Waals surface area contributed by atoms with E-state index in [0.717, 1.165) is 16.5 Å². The zero-order valence-electron chi connectivity index (χ0n) is 10.4. The van der Waals surface area contributed by atoms with Gasteiger partial charge < -0.3 is 17.5 Å². The quantitative estimate of drug-likeness (QED) is 0.679. The minimum absolute atomic E-state index is 0. The minimum Gasteiger partial charge on any atom is -1.00 e. The Labute approximate surface area is 117 Å². The molecule has 19 heavy (non-hydrogen) atoms. The fraction of sp³-hybridized carbons (Fsp3) is 0.0625. The van der Waals surface area contributed by atoms with Crippen LogP contribution in [-0.2, 0) is 0 Å². The molecule has 0 saturated carbocycles. The van der Waals surface area contributed by atoms with Crippen LogP contribution in [0.1, 0.15) is 5.56 Å². The van der Waals surface area contributed by atoms with E-state index in [1.807, 2.05) is 49.4 Å². The van der Waals surface area contributed by atoms with Crippen molar-refractivity contribution in [2.75, 3.05) is 0 Å². The highest BCUT2D eigenvalue weighted by molar-refractivity contribution is 5.83. The third-order valence-corrected chi connectivity index (χ3v) is 3.05. The summed E-state index contributed by atoms with van der Waals surface area (Å²) < 4.78 is 5.85. The van der Waals surface area contributed by atoms with Gasteiger partial charge in [-0.2, -0.15) is 0 Å². The largest absolute Gasteiger partial charge is 1.00 e. The maximum absolute atomic E-state index is 9.87. The van der Waals surface area contributed by atoms with Crippen LogP contribution in [0.4, 0.5) is 0 Å². The van der Waals surface area contributed by atoms with Crippen LogP contribution in [0.3, 0.4) is 0 Å². The lowest BCUT2D eigenvalue weighted by Gasteiger charge is -1.98. The number of phenols is 1. The van der Waals surface area contributed by atoms with E-state index in [-0.39, 0.29) is 18.2 Å². The van der Waals surface area contributed by atoms with Crippen molar-refractivity contribution in [1.29, 1.82) is 0 Å². The van der Waals surface area contributed by atoms with E-state index in [1.54, 1.807) is 12.1 Å². The number of para-hydroxylation sites is 2. The van der Waals surface area contributed by atoms with Gasteiger partial charge in [0.1, 0.15) is 11.3 Å². The number of rotatable bonds is 1. The molecule has 0 aliphatic heterocycles. The van der Waals surface area contributed by atoms with Gasteiger partial charge in [-0.3, -0.25) is 0 Å². The summed E-state index contributed by atoms with van der Waals surface area (Å²) >= 11 is 0. The summed E-state index contributed by atoms with van der Waals surface area (Å²) in [4.78, 5) is 0. The average Bonchev–Trinajstić information content (AvgIpc) is 2.39. The van der Waals surface area contributed by atoms with E-state index in [1.165, 1.54) is 0 Å². The monoisotopic (exact) mass is 272 g/mol. The molecule has 0 atom stereocenters. The molecule has 3 rings (SSSR count). The highest BCUT2D eigenvalue weighted by Gasteiger charge is 2.19. The van der Waals surface area contributed by atoms with Crippen LogP contribution in [0.2, 0.25) is 0 Å². The number of benzene rings is 2. The normalized spacial score (nSPS) is 10.2. The van der Waals surface area contributed by atoms with E-state index in [2.05, 4.69) is 0 Å². The van der Waals surface area contributed by atoms with Gasteiger partial charge in [-0.1, -0.05) is 24.3 Å². The Balaban J connectivity index is 0.00000133. The summed E-state index contributed by atoms with van der Waals surface area (Å²) in [7, 11) is 0. The Morgan fingerprint density at radius 3 is 2.42 bits per heavy atom. The minimum atomic E-state index is 0. The van der Waals surface area contributed by atoms with Crippen LogP contribution in [0.5, 0.6) is 5.75 Å². The van der Waals surface area contributed by atoms with Crippen LogP contribution in [0, 0.1) is 6.92 Å². The summed E-state index contributed by atoms with van der Waals surface area (Å²) in [5, 5.41) is 11.0. The molecule has 0 bridgehead atoms. The van der Waals surface area contributed by atoms with Gasteiger partial charge in [0, 0.05) is 12.1 Å². The van der Waals surface area contributed by atoms with Crippen LogP contribution >= 0.6 is 0 Å². The van der Waals surface area contributed by atoms with Gasteiger partial charge in [-0.05, 0) is 30.7 Å². The Morgan fingerprint density at radius 1 is 0.947 bits per heavy atom. The van der Waals surface area contributed by atoms with Crippen LogP contribution in [0.25, 0.3) is 22.3 Å². The Morgan fingerprint density at radius 2 is 1.63 bits per heavy atom. The molecule has 0 aliphatic carbocycles. The molecular formula is C16H13ClO2. The molecule has 0 saturated heterocycles. The van der Waals surface area contributed by atoms with Gasteiger partial charge in [0.25, 0.3) is 0 Å². The maximum atomic E-state index is 9.87. The standard InChI is InChI=1S/C16H12O2.ClH/c1-11-10-16(13-7-2-4-8-14(13)17)18-15-9-5-3-6-12(11)15;/h2-10H,1H3;1H. The van der Waals surface area contributed by atoms with Crippen molar-refractivity contribution in [2.24, 2.45) is 0 Å². The molecule has 0 unspecified atom stereocenters. The first-order valence-electron chi connectivity index (χ1n) is 5.86. The van der Waals surface area contributed by atoms with E-state index < -0.39 is 0 Å². The molecule has 0 amide bonds. The molecule has 1 N–H and O–H groups in total. The molecule has 96 valence electrons.